The summed E-state index contributed by atoms with van der Waals surface area (Å²) >= 11 is 1.96. The number of furan rings is 1. The second-order valence-electron chi connectivity index (χ2n) is 4.57. The summed E-state index contributed by atoms with van der Waals surface area (Å²) in [6, 6.07) is 6.30. The van der Waals surface area contributed by atoms with Crippen LogP contribution in [0.5, 0.6) is 0 Å². The van der Waals surface area contributed by atoms with Gasteiger partial charge in [-0.2, -0.15) is 17.0 Å². The van der Waals surface area contributed by atoms with E-state index in [0.717, 1.165) is 17.6 Å². The van der Waals surface area contributed by atoms with E-state index in [1.807, 2.05) is 23.9 Å². The van der Waals surface area contributed by atoms with Crippen LogP contribution in [0.4, 0.5) is 0 Å². The van der Waals surface area contributed by atoms with Crippen molar-refractivity contribution in [1.29, 1.82) is 5.26 Å². The van der Waals surface area contributed by atoms with Crippen molar-refractivity contribution >= 4 is 11.8 Å². The molecule has 1 aliphatic carbocycles. The van der Waals surface area contributed by atoms with Gasteiger partial charge in [-0.15, -0.1) is 0 Å². The lowest BCUT2D eigenvalue weighted by molar-refractivity contribution is 0.222. The van der Waals surface area contributed by atoms with Crippen LogP contribution in [-0.4, -0.2) is 29.5 Å². The highest BCUT2D eigenvalue weighted by atomic mass is 32.2. The molecule has 0 N–H and O–H groups in total. The van der Waals surface area contributed by atoms with Gasteiger partial charge in [-0.25, -0.2) is 0 Å². The fourth-order valence-corrected chi connectivity index (χ4v) is 3.63. The predicted molar refractivity (Wildman–Crippen MR) is 69.8 cm³/mol. The van der Waals surface area contributed by atoms with Crippen LogP contribution in [0.15, 0.2) is 16.5 Å². The summed E-state index contributed by atoms with van der Waals surface area (Å²) in [6.07, 6.45) is 6.10. The highest BCUT2D eigenvalue weighted by molar-refractivity contribution is 7.99. The van der Waals surface area contributed by atoms with Crippen LogP contribution >= 0.6 is 11.8 Å². The molecule has 3 nitrogen and oxygen atoms in total. The molecule has 0 saturated heterocycles. The summed E-state index contributed by atoms with van der Waals surface area (Å²) in [5.41, 5.74) is 0. The molecule has 1 aliphatic rings. The van der Waals surface area contributed by atoms with Crippen molar-refractivity contribution in [2.75, 3.05) is 13.3 Å². The van der Waals surface area contributed by atoms with Gasteiger partial charge in [-0.05, 0) is 38.3 Å². The van der Waals surface area contributed by atoms with Crippen LogP contribution in [0, 0.1) is 11.3 Å². The Bertz CT molecular complexity index is 410. The Kier molecular flexibility index (Phi) is 4.14. The number of rotatable bonds is 4. The molecule has 1 aromatic heterocycles. The van der Waals surface area contributed by atoms with Crippen LogP contribution < -0.4 is 0 Å². The Morgan fingerprint density at radius 1 is 1.53 bits per heavy atom. The van der Waals surface area contributed by atoms with Gasteiger partial charge in [-0.1, -0.05) is 6.42 Å². The molecule has 0 bridgehead atoms. The highest BCUT2D eigenvalue weighted by Gasteiger charge is 2.29. The summed E-state index contributed by atoms with van der Waals surface area (Å²) in [7, 11) is 2.15. The van der Waals surface area contributed by atoms with Gasteiger partial charge in [0, 0.05) is 11.3 Å². The molecule has 2 atom stereocenters. The minimum Gasteiger partial charge on any atom is -0.449 e. The lowest BCUT2D eigenvalue weighted by Crippen LogP contribution is -2.35. The molecule has 1 saturated carbocycles. The summed E-state index contributed by atoms with van der Waals surface area (Å²) in [5.74, 6) is 1.29. The molecule has 0 aliphatic heterocycles. The molecule has 2 rings (SSSR count). The number of hydrogen-bond donors (Lipinski definition) is 0. The van der Waals surface area contributed by atoms with Crippen LogP contribution in [0.25, 0.3) is 0 Å². The van der Waals surface area contributed by atoms with E-state index < -0.39 is 0 Å². The Hall–Kier alpha value is -0.920. The van der Waals surface area contributed by atoms with Crippen LogP contribution in [0.3, 0.4) is 0 Å². The van der Waals surface area contributed by atoms with E-state index in [1.165, 1.54) is 19.3 Å². The third kappa shape index (κ3) is 2.85. The average molecular weight is 250 g/mol. The molecule has 92 valence electrons. The molecule has 17 heavy (non-hydrogen) atoms. The Labute approximate surface area is 107 Å². The lowest BCUT2D eigenvalue weighted by Gasteiger charge is -2.27. The predicted octanol–water partition coefficient (Wildman–Crippen LogP) is 2.87. The third-order valence-corrected chi connectivity index (χ3v) is 4.62. The minimum absolute atomic E-state index is 0.404. The van der Waals surface area contributed by atoms with Crippen LogP contribution in [0.2, 0.25) is 0 Å². The maximum Gasteiger partial charge on any atom is 0.203 e. The molecule has 0 radical (unpaired) electrons. The lowest BCUT2D eigenvalue weighted by atomic mass is 10.2. The van der Waals surface area contributed by atoms with E-state index in [0.29, 0.717) is 11.8 Å². The third-order valence-electron chi connectivity index (χ3n) is 3.46. The number of thioether (sulfide) groups is 1. The van der Waals surface area contributed by atoms with E-state index in [-0.39, 0.29) is 0 Å². The zero-order chi connectivity index (χ0) is 12.3. The minimum atomic E-state index is 0.404. The first-order chi connectivity index (χ1) is 8.24. The fourth-order valence-electron chi connectivity index (χ4n) is 2.57. The smallest absolute Gasteiger partial charge is 0.203 e. The number of hydrogen-bond acceptors (Lipinski definition) is 4. The van der Waals surface area contributed by atoms with Gasteiger partial charge in [0.2, 0.25) is 5.76 Å². The molecular weight excluding hydrogens is 232 g/mol. The zero-order valence-corrected chi connectivity index (χ0v) is 11.2. The van der Waals surface area contributed by atoms with Gasteiger partial charge in [0.25, 0.3) is 0 Å². The maximum atomic E-state index is 8.72. The van der Waals surface area contributed by atoms with Crippen molar-refractivity contribution in [2.24, 2.45) is 0 Å². The van der Waals surface area contributed by atoms with Gasteiger partial charge in [-0.3, -0.25) is 4.90 Å². The van der Waals surface area contributed by atoms with E-state index >= 15 is 0 Å². The molecule has 0 amide bonds. The molecule has 1 heterocycles. The summed E-state index contributed by atoms with van der Waals surface area (Å²) < 4.78 is 5.42. The van der Waals surface area contributed by atoms with Gasteiger partial charge >= 0.3 is 0 Å². The molecule has 4 heteroatoms. The molecule has 0 unspecified atom stereocenters. The Morgan fingerprint density at radius 2 is 2.35 bits per heavy atom. The van der Waals surface area contributed by atoms with Crippen molar-refractivity contribution in [3.05, 3.63) is 23.7 Å². The summed E-state index contributed by atoms with van der Waals surface area (Å²) in [6.45, 7) is 0.795. The molecule has 1 fully saturated rings. The van der Waals surface area contributed by atoms with Crippen molar-refractivity contribution in [3.8, 4) is 6.07 Å². The second-order valence-corrected chi connectivity index (χ2v) is 5.64. The Morgan fingerprint density at radius 3 is 3.00 bits per heavy atom. The van der Waals surface area contributed by atoms with Crippen molar-refractivity contribution in [1.82, 2.24) is 4.90 Å². The topological polar surface area (TPSA) is 40.2 Å². The quantitative estimate of drug-likeness (QED) is 0.824. The first kappa shape index (κ1) is 12.5. The largest absolute Gasteiger partial charge is 0.449 e. The van der Waals surface area contributed by atoms with Crippen molar-refractivity contribution in [2.45, 2.75) is 37.1 Å². The first-order valence-corrected chi connectivity index (χ1v) is 7.25. The second kappa shape index (κ2) is 5.61. The SMILES string of the molecule is CS[C@H]1CCC[C@@H]1N(C)Cc1ccc(C#N)o1. The molecular formula is C13H18N2OS. The van der Waals surface area contributed by atoms with E-state index in [2.05, 4.69) is 18.2 Å². The van der Waals surface area contributed by atoms with Gasteiger partial charge in [0.1, 0.15) is 11.8 Å². The number of nitrogens with zero attached hydrogens (tertiary/aromatic N) is 2. The van der Waals surface area contributed by atoms with E-state index in [4.69, 9.17) is 9.68 Å². The summed E-state index contributed by atoms with van der Waals surface area (Å²) in [4.78, 5) is 2.36. The van der Waals surface area contributed by atoms with Crippen LogP contribution in [0.1, 0.15) is 30.8 Å². The van der Waals surface area contributed by atoms with Gasteiger partial charge in [0.15, 0.2) is 0 Å². The molecule has 0 spiro atoms. The monoisotopic (exact) mass is 250 g/mol. The van der Waals surface area contributed by atoms with Gasteiger partial charge in [0.05, 0.1) is 6.54 Å². The maximum absolute atomic E-state index is 8.72. The Balaban J connectivity index is 1.96. The zero-order valence-electron chi connectivity index (χ0n) is 10.3. The average Bonchev–Trinajstić information content (AvgIpc) is 2.96. The van der Waals surface area contributed by atoms with Gasteiger partial charge < -0.3 is 4.42 Å². The molecule has 0 aromatic carbocycles. The van der Waals surface area contributed by atoms with Crippen molar-refractivity contribution < 1.29 is 4.42 Å². The first-order valence-electron chi connectivity index (χ1n) is 5.96. The fraction of sp³-hybridized carbons (Fsp3) is 0.615. The number of nitriles is 1. The van der Waals surface area contributed by atoms with Crippen LogP contribution in [-0.2, 0) is 6.54 Å². The highest BCUT2D eigenvalue weighted by Crippen LogP contribution is 2.32. The normalized spacial score (nSPS) is 24.1. The van der Waals surface area contributed by atoms with E-state index in [9.17, 15) is 0 Å². The standard InChI is InChI=1S/C13H18N2OS/c1-15(12-4-3-5-13(12)17-2)9-11-7-6-10(8-14)16-11/h6-7,12-13H,3-5,9H2,1-2H3/t12-,13-/m0/s1. The molecule has 1 aromatic rings. The van der Waals surface area contributed by atoms with E-state index in [1.54, 1.807) is 6.07 Å². The summed E-state index contributed by atoms with van der Waals surface area (Å²) in [5, 5.41) is 9.46. The van der Waals surface area contributed by atoms with Crippen molar-refractivity contribution in [3.63, 3.8) is 0 Å².